The van der Waals surface area contributed by atoms with E-state index in [-0.39, 0.29) is 0 Å². The molecule has 1 aliphatic heterocycles. The molecule has 2 heteroatoms. The number of para-hydroxylation sites is 1. The molecular formula is C24H19NS. The average molecular weight is 353 g/mol. The Morgan fingerprint density at radius 3 is 2.35 bits per heavy atom. The molecule has 6 rings (SSSR count). The smallest absolute Gasteiger partial charge is 0.0476 e. The Bertz CT molecular complexity index is 1350. The van der Waals surface area contributed by atoms with Gasteiger partial charge in [-0.3, -0.25) is 0 Å². The Morgan fingerprint density at radius 1 is 0.654 bits per heavy atom. The molecule has 0 bridgehead atoms. The summed E-state index contributed by atoms with van der Waals surface area (Å²) in [6, 6.07) is 27.0. The minimum Gasteiger partial charge on any atom is -0.354 e. The van der Waals surface area contributed by atoms with Crippen LogP contribution in [0.5, 0.6) is 0 Å². The number of hydrogen-bond donors (Lipinski definition) is 1. The molecule has 0 saturated carbocycles. The van der Waals surface area contributed by atoms with Gasteiger partial charge >= 0.3 is 0 Å². The number of benzene rings is 4. The second kappa shape index (κ2) is 4.72. The van der Waals surface area contributed by atoms with Gasteiger partial charge in [0.2, 0.25) is 0 Å². The second-order valence-corrected chi connectivity index (χ2v) is 11.1. The highest BCUT2D eigenvalue weighted by atomic mass is 32.3. The average Bonchev–Trinajstić information content (AvgIpc) is 3.03. The van der Waals surface area contributed by atoms with E-state index in [1.54, 1.807) is 0 Å². The quantitative estimate of drug-likeness (QED) is 0.310. The van der Waals surface area contributed by atoms with E-state index in [4.69, 9.17) is 0 Å². The summed E-state index contributed by atoms with van der Waals surface area (Å²) in [5.74, 6) is 0. The van der Waals surface area contributed by atoms with Crippen LogP contribution >= 0.6 is 10.0 Å². The first-order chi connectivity index (χ1) is 12.6. The maximum atomic E-state index is 3.63. The molecule has 0 fully saturated rings. The van der Waals surface area contributed by atoms with Crippen LogP contribution in [0, 0.1) is 0 Å². The number of aromatic amines is 1. The number of nitrogens with one attached hydrogen (secondary N) is 1. The van der Waals surface area contributed by atoms with Crippen molar-refractivity contribution in [2.45, 2.75) is 9.79 Å². The van der Waals surface area contributed by atoms with Crippen molar-refractivity contribution < 1.29 is 0 Å². The van der Waals surface area contributed by atoms with Gasteiger partial charge in [-0.15, -0.1) is 0 Å². The van der Waals surface area contributed by atoms with Gasteiger partial charge in [0.05, 0.1) is 0 Å². The predicted octanol–water partition coefficient (Wildman–Crippen LogP) is 6.94. The Hall–Kier alpha value is -2.71. The fraction of sp³-hybridized carbons (Fsp3) is 0.0833. The lowest BCUT2D eigenvalue weighted by atomic mass is 9.96. The maximum absolute atomic E-state index is 3.63. The number of H-pyrrole nitrogens is 1. The van der Waals surface area contributed by atoms with Crippen LogP contribution in [0.25, 0.3) is 43.7 Å². The van der Waals surface area contributed by atoms with Crippen molar-refractivity contribution in [3.8, 4) is 11.1 Å². The van der Waals surface area contributed by atoms with E-state index in [0.29, 0.717) is 0 Å². The molecule has 126 valence electrons. The van der Waals surface area contributed by atoms with Crippen molar-refractivity contribution in [3.05, 3.63) is 72.8 Å². The molecule has 0 atom stereocenters. The van der Waals surface area contributed by atoms with Gasteiger partial charge in [0.1, 0.15) is 0 Å². The van der Waals surface area contributed by atoms with Crippen LogP contribution in [0.2, 0.25) is 0 Å². The number of hydrogen-bond acceptors (Lipinski definition) is 0. The van der Waals surface area contributed by atoms with Gasteiger partial charge in [0, 0.05) is 37.0 Å². The fourth-order valence-electron chi connectivity index (χ4n) is 4.59. The van der Waals surface area contributed by atoms with E-state index < -0.39 is 10.0 Å². The fourth-order valence-corrected chi connectivity index (χ4v) is 7.11. The Labute approximate surface area is 154 Å². The molecule has 1 aliphatic rings. The van der Waals surface area contributed by atoms with Crippen molar-refractivity contribution in [1.82, 2.24) is 4.98 Å². The molecule has 0 saturated heterocycles. The number of rotatable bonds is 0. The molecule has 1 N–H and O–H groups in total. The summed E-state index contributed by atoms with van der Waals surface area (Å²) < 4.78 is 0. The normalized spacial score (nSPS) is 16.1. The van der Waals surface area contributed by atoms with E-state index in [1.165, 1.54) is 53.5 Å². The lowest BCUT2D eigenvalue weighted by molar-refractivity contribution is 1.36. The lowest BCUT2D eigenvalue weighted by Gasteiger charge is -2.39. The number of fused-ring (bicyclic) bond motifs is 5. The zero-order chi connectivity index (χ0) is 17.5. The molecule has 1 nitrogen and oxygen atoms in total. The third kappa shape index (κ3) is 1.68. The summed E-state index contributed by atoms with van der Waals surface area (Å²) in [6.07, 6.45) is 4.87. The van der Waals surface area contributed by atoms with E-state index in [1.807, 2.05) is 0 Å². The highest BCUT2D eigenvalue weighted by molar-refractivity contribution is 8.33. The number of aromatic nitrogens is 1. The summed E-state index contributed by atoms with van der Waals surface area (Å²) in [5, 5.41) is 5.43. The van der Waals surface area contributed by atoms with Crippen molar-refractivity contribution in [2.24, 2.45) is 0 Å². The van der Waals surface area contributed by atoms with Crippen molar-refractivity contribution in [2.75, 3.05) is 12.5 Å². The van der Waals surface area contributed by atoms with Gasteiger partial charge in [-0.25, -0.2) is 0 Å². The van der Waals surface area contributed by atoms with Crippen molar-refractivity contribution in [3.63, 3.8) is 0 Å². The topological polar surface area (TPSA) is 15.8 Å². The van der Waals surface area contributed by atoms with Gasteiger partial charge < -0.3 is 4.98 Å². The van der Waals surface area contributed by atoms with E-state index >= 15 is 0 Å². The molecule has 0 unspecified atom stereocenters. The summed E-state index contributed by atoms with van der Waals surface area (Å²) in [7, 11) is -1.06. The van der Waals surface area contributed by atoms with Crippen LogP contribution in [0.4, 0.5) is 0 Å². The molecule has 2 heterocycles. The van der Waals surface area contributed by atoms with Crippen LogP contribution < -0.4 is 0 Å². The minimum atomic E-state index is -1.06. The molecule has 5 aromatic rings. The highest BCUT2D eigenvalue weighted by Gasteiger charge is 2.30. The van der Waals surface area contributed by atoms with E-state index in [0.717, 1.165) is 0 Å². The molecule has 0 radical (unpaired) electrons. The summed E-state index contributed by atoms with van der Waals surface area (Å²) in [4.78, 5) is 6.62. The van der Waals surface area contributed by atoms with Crippen molar-refractivity contribution >= 4 is 42.6 Å². The lowest BCUT2D eigenvalue weighted by Crippen LogP contribution is -2.06. The van der Waals surface area contributed by atoms with Crippen LogP contribution in [-0.4, -0.2) is 17.5 Å². The third-order valence-electron chi connectivity index (χ3n) is 5.86. The van der Waals surface area contributed by atoms with E-state index in [2.05, 4.69) is 90.3 Å². The highest BCUT2D eigenvalue weighted by Crippen LogP contribution is 2.65. The molecular weight excluding hydrogens is 334 g/mol. The van der Waals surface area contributed by atoms with Crippen LogP contribution in [0.15, 0.2) is 82.6 Å². The van der Waals surface area contributed by atoms with Gasteiger partial charge in [-0.1, -0.05) is 48.5 Å². The monoisotopic (exact) mass is 353 g/mol. The summed E-state index contributed by atoms with van der Waals surface area (Å²) >= 11 is 0. The summed E-state index contributed by atoms with van der Waals surface area (Å²) in [5.41, 5.74) is 5.25. The molecule has 1 aromatic heterocycles. The zero-order valence-electron chi connectivity index (χ0n) is 14.8. The van der Waals surface area contributed by atoms with Gasteiger partial charge in [-0.2, -0.15) is 10.0 Å². The largest absolute Gasteiger partial charge is 0.354 e. The maximum Gasteiger partial charge on any atom is 0.0476 e. The Morgan fingerprint density at radius 2 is 1.46 bits per heavy atom. The standard InChI is InChI=1S/C24H19NS/c1-26(2)22-12-6-8-15-7-5-10-17(24(15)22)19-13-18-16-9-3-4-11-20(16)25-21(18)14-23(19)26/h3-14,25H,1-2H3. The molecule has 0 aliphatic carbocycles. The Kier molecular flexibility index (Phi) is 2.62. The van der Waals surface area contributed by atoms with Gasteiger partial charge in [-0.05, 0) is 53.3 Å². The SMILES string of the molecule is CS1(C)c2cc3[nH]c4ccccc4c3cc2-c2cccc3cccc1c23. The molecule has 0 spiro atoms. The van der Waals surface area contributed by atoms with Crippen LogP contribution in [0.1, 0.15) is 0 Å². The zero-order valence-corrected chi connectivity index (χ0v) is 15.7. The predicted molar refractivity (Wildman–Crippen MR) is 115 cm³/mol. The van der Waals surface area contributed by atoms with Crippen LogP contribution in [0.3, 0.4) is 0 Å². The molecule has 26 heavy (non-hydrogen) atoms. The molecule has 0 amide bonds. The van der Waals surface area contributed by atoms with Crippen LogP contribution in [-0.2, 0) is 0 Å². The first kappa shape index (κ1) is 14.5. The minimum absolute atomic E-state index is 1.06. The van der Waals surface area contributed by atoms with E-state index in [9.17, 15) is 0 Å². The summed E-state index contributed by atoms with van der Waals surface area (Å²) in [6.45, 7) is 0. The third-order valence-corrected chi connectivity index (χ3v) is 8.74. The first-order valence-electron chi connectivity index (χ1n) is 8.94. The van der Waals surface area contributed by atoms with Gasteiger partial charge in [0.15, 0.2) is 0 Å². The first-order valence-corrected chi connectivity index (χ1v) is 11.4. The van der Waals surface area contributed by atoms with Crippen molar-refractivity contribution in [1.29, 1.82) is 0 Å². The second-order valence-electron chi connectivity index (χ2n) is 7.55. The Balaban J connectivity index is 1.84. The molecule has 4 aromatic carbocycles. The van der Waals surface area contributed by atoms with Gasteiger partial charge in [0.25, 0.3) is 0 Å².